The summed E-state index contributed by atoms with van der Waals surface area (Å²) >= 11 is 0. The van der Waals surface area contributed by atoms with E-state index < -0.39 is 11.8 Å². The van der Waals surface area contributed by atoms with E-state index in [0.717, 1.165) is 60.7 Å². The third-order valence-electron chi connectivity index (χ3n) is 10.7. The second-order valence-electron chi connectivity index (χ2n) is 15.6. The maximum atomic E-state index is 14.6. The molecule has 2 fully saturated rings. The van der Waals surface area contributed by atoms with Gasteiger partial charge in [0.15, 0.2) is 5.69 Å². The van der Waals surface area contributed by atoms with Gasteiger partial charge in [-0.15, -0.1) is 0 Å². The van der Waals surface area contributed by atoms with Crippen LogP contribution in [0.2, 0.25) is 0 Å². The number of carbonyl (C=O) groups is 1. The van der Waals surface area contributed by atoms with E-state index in [9.17, 15) is 9.18 Å². The lowest BCUT2D eigenvalue weighted by atomic mass is 9.76. The Morgan fingerprint density at radius 1 is 1.17 bits per heavy atom. The number of aromatic nitrogens is 4. The zero-order chi connectivity index (χ0) is 34.0. The molecule has 3 aromatic rings. The van der Waals surface area contributed by atoms with Crippen LogP contribution in [0.15, 0.2) is 24.3 Å². The molecule has 7 rings (SSSR count). The zero-order valence-electron chi connectivity index (χ0n) is 29.2. The van der Waals surface area contributed by atoms with Crippen molar-refractivity contribution in [2.75, 3.05) is 51.0 Å². The van der Waals surface area contributed by atoms with Crippen molar-refractivity contribution in [2.45, 2.75) is 102 Å². The highest BCUT2D eigenvalue weighted by Crippen LogP contribution is 2.44. The number of nitrogens with two attached hydrogens (primary N) is 1. The molecule has 1 aromatic carbocycles. The lowest BCUT2D eigenvalue weighted by Crippen LogP contribution is -2.43. The number of alkyl halides is 1. The molecule has 258 valence electrons. The van der Waals surface area contributed by atoms with Crippen LogP contribution in [0, 0.1) is 0 Å². The highest BCUT2D eigenvalue weighted by Gasteiger charge is 2.49. The molecule has 0 bridgehead atoms. The number of halogens is 1. The number of aryl methyl sites for hydroxylation is 1. The lowest BCUT2D eigenvalue weighted by molar-refractivity contribution is -0.0615. The van der Waals surface area contributed by atoms with Gasteiger partial charge in [-0.25, -0.2) is 4.39 Å². The highest BCUT2D eigenvalue weighted by molar-refractivity contribution is 5.92. The number of anilines is 2. The van der Waals surface area contributed by atoms with Crippen LogP contribution in [0.4, 0.5) is 15.9 Å². The molecule has 0 radical (unpaired) electrons. The van der Waals surface area contributed by atoms with Gasteiger partial charge in [-0.2, -0.15) is 15.1 Å². The van der Waals surface area contributed by atoms with Gasteiger partial charge in [0.1, 0.15) is 18.6 Å². The van der Waals surface area contributed by atoms with E-state index in [2.05, 4.69) is 48.7 Å². The van der Waals surface area contributed by atoms with Crippen LogP contribution in [0.1, 0.15) is 91.9 Å². The fraction of sp³-hybridized carbons (Fsp3) is 0.611. The Balaban J connectivity index is 1.26. The highest BCUT2D eigenvalue weighted by atomic mass is 19.1. The Morgan fingerprint density at radius 2 is 1.98 bits per heavy atom. The largest absolute Gasteiger partial charge is 0.461 e. The van der Waals surface area contributed by atoms with E-state index in [0.29, 0.717) is 63.1 Å². The molecule has 2 N–H and O–H groups in total. The molecule has 1 amide bonds. The van der Waals surface area contributed by atoms with Gasteiger partial charge in [0.25, 0.3) is 5.91 Å². The van der Waals surface area contributed by atoms with E-state index in [1.165, 1.54) is 5.56 Å². The van der Waals surface area contributed by atoms with Crippen molar-refractivity contribution in [1.29, 1.82) is 0 Å². The number of nitrogens with zero attached hydrogens (tertiary/aromatic N) is 7. The molecular formula is C36H49FN8O3. The fourth-order valence-corrected chi connectivity index (χ4v) is 8.17. The Morgan fingerprint density at radius 3 is 2.75 bits per heavy atom. The molecule has 2 saturated heterocycles. The van der Waals surface area contributed by atoms with Gasteiger partial charge in [0, 0.05) is 57.8 Å². The van der Waals surface area contributed by atoms with Gasteiger partial charge in [0.05, 0.1) is 35.7 Å². The Hall–Kier alpha value is -3.77. The van der Waals surface area contributed by atoms with Crippen molar-refractivity contribution < 1.29 is 18.7 Å². The first-order valence-electron chi connectivity index (χ1n) is 17.2. The van der Waals surface area contributed by atoms with Crippen LogP contribution in [0.25, 0.3) is 0 Å². The molecule has 6 heterocycles. The summed E-state index contributed by atoms with van der Waals surface area (Å²) < 4.78 is 29.8. The molecule has 0 spiro atoms. The van der Waals surface area contributed by atoms with Crippen LogP contribution in [0.3, 0.4) is 0 Å². The normalized spacial score (nSPS) is 25.7. The van der Waals surface area contributed by atoms with E-state index in [4.69, 9.17) is 25.2 Å². The SMILES string of the molecule is CN(C)C(=O)c1cc2n(n1)CCCN(c1nc(OC[C@@]34CCCN3C[C@H](F)C4)nc3c1CO[C@](C)(c1cc(N)ccc1C(C)(C)C)C3)C2. The van der Waals surface area contributed by atoms with Crippen LogP contribution in [0.5, 0.6) is 6.01 Å². The fourth-order valence-electron chi connectivity index (χ4n) is 8.17. The molecule has 4 aliphatic heterocycles. The molecule has 48 heavy (non-hydrogen) atoms. The average Bonchev–Trinajstić information content (AvgIpc) is 3.65. The van der Waals surface area contributed by atoms with Crippen LogP contribution >= 0.6 is 0 Å². The third kappa shape index (κ3) is 5.91. The Kier molecular flexibility index (Phi) is 8.17. The summed E-state index contributed by atoms with van der Waals surface area (Å²) in [5.74, 6) is 0.648. The number of carbonyl (C=O) groups excluding carboxylic acids is 1. The topological polar surface area (TPSA) is 115 Å². The second kappa shape index (κ2) is 12.0. The average molecular weight is 661 g/mol. The van der Waals surface area contributed by atoms with E-state index >= 15 is 0 Å². The maximum absolute atomic E-state index is 14.6. The zero-order valence-corrected chi connectivity index (χ0v) is 29.2. The summed E-state index contributed by atoms with van der Waals surface area (Å²) in [7, 11) is 3.47. The van der Waals surface area contributed by atoms with Gasteiger partial charge < -0.3 is 25.0 Å². The van der Waals surface area contributed by atoms with Crippen molar-refractivity contribution in [1.82, 2.24) is 29.5 Å². The van der Waals surface area contributed by atoms with Gasteiger partial charge in [0.2, 0.25) is 0 Å². The van der Waals surface area contributed by atoms with Gasteiger partial charge in [-0.1, -0.05) is 26.8 Å². The first-order chi connectivity index (χ1) is 22.7. The van der Waals surface area contributed by atoms with Gasteiger partial charge in [-0.05, 0) is 67.5 Å². The van der Waals surface area contributed by atoms with Crippen molar-refractivity contribution >= 4 is 17.4 Å². The van der Waals surface area contributed by atoms with Crippen molar-refractivity contribution in [3.8, 4) is 6.01 Å². The van der Waals surface area contributed by atoms with E-state index in [-0.39, 0.29) is 16.9 Å². The summed E-state index contributed by atoms with van der Waals surface area (Å²) in [6.45, 7) is 12.7. The van der Waals surface area contributed by atoms with Crippen LogP contribution in [-0.2, 0) is 41.9 Å². The summed E-state index contributed by atoms with van der Waals surface area (Å²) in [6, 6.07) is 8.29. The van der Waals surface area contributed by atoms with Crippen LogP contribution < -0.4 is 15.4 Å². The summed E-state index contributed by atoms with van der Waals surface area (Å²) in [6.07, 6.45) is 2.92. The minimum Gasteiger partial charge on any atom is -0.461 e. The smallest absolute Gasteiger partial charge is 0.318 e. The van der Waals surface area contributed by atoms with Gasteiger partial charge >= 0.3 is 6.01 Å². The number of nitrogen functional groups attached to an aromatic ring is 1. The number of benzene rings is 1. The monoisotopic (exact) mass is 660 g/mol. The van der Waals surface area contributed by atoms with Crippen molar-refractivity contribution in [2.24, 2.45) is 0 Å². The third-order valence-corrected chi connectivity index (χ3v) is 10.7. The van der Waals surface area contributed by atoms with Crippen molar-refractivity contribution in [3.05, 3.63) is 58.0 Å². The molecule has 3 atom stereocenters. The number of ether oxygens (including phenoxy) is 2. The first-order valence-corrected chi connectivity index (χ1v) is 17.2. The predicted octanol–water partition coefficient (Wildman–Crippen LogP) is 4.61. The molecule has 0 unspecified atom stereocenters. The molecule has 12 heteroatoms. The minimum absolute atomic E-state index is 0.120. The van der Waals surface area contributed by atoms with E-state index in [1.54, 1.807) is 19.0 Å². The lowest BCUT2D eigenvalue weighted by Gasteiger charge is -2.40. The molecule has 0 saturated carbocycles. The summed E-state index contributed by atoms with van der Waals surface area (Å²) in [5.41, 5.74) is 11.4. The number of fused-ring (bicyclic) bond motifs is 3. The number of amides is 1. The maximum Gasteiger partial charge on any atom is 0.318 e. The molecule has 2 aromatic heterocycles. The van der Waals surface area contributed by atoms with Crippen molar-refractivity contribution in [3.63, 3.8) is 0 Å². The second-order valence-corrected chi connectivity index (χ2v) is 15.6. The Bertz CT molecular complexity index is 1720. The molecule has 11 nitrogen and oxygen atoms in total. The summed E-state index contributed by atoms with van der Waals surface area (Å²) in [5, 5.41) is 4.63. The Labute approximate surface area is 282 Å². The first kappa shape index (κ1) is 32.8. The van der Waals surface area contributed by atoms with E-state index in [1.807, 2.05) is 22.9 Å². The van der Waals surface area contributed by atoms with Crippen LogP contribution in [-0.4, -0.2) is 87.5 Å². The standard InChI is InChI=1S/C36H49FN8O3/c1-34(2,3)27-10-9-24(38)15-28(27)35(4)18-30-26(21-48-35)31(40-33(39-30)47-22-36-11-7-13-44(36)19-23(37)17-36)43-12-8-14-45-25(20-43)16-29(41-45)32(46)42(5)6/h9-10,15-16,23H,7-8,11-14,17-22,38H2,1-6H3/t23-,35+,36+/m1/s1. The molecule has 0 aliphatic carbocycles. The summed E-state index contributed by atoms with van der Waals surface area (Å²) in [4.78, 5) is 28.9. The molecular weight excluding hydrogens is 611 g/mol. The minimum atomic E-state index is -0.840. The molecule has 4 aliphatic rings. The quantitative estimate of drug-likeness (QED) is 0.379. The number of hydrogen-bond acceptors (Lipinski definition) is 9. The number of rotatable bonds is 6. The van der Waals surface area contributed by atoms with Gasteiger partial charge in [-0.3, -0.25) is 14.4 Å². The predicted molar refractivity (Wildman–Crippen MR) is 182 cm³/mol. The number of hydrogen-bond donors (Lipinski definition) is 1.